The monoisotopic (exact) mass is 337 g/mol. The molecule has 0 aliphatic rings. The van der Waals surface area contributed by atoms with Gasteiger partial charge in [-0.3, -0.25) is 9.59 Å². The van der Waals surface area contributed by atoms with Gasteiger partial charge in [-0.2, -0.15) is 0 Å². The van der Waals surface area contributed by atoms with E-state index in [4.69, 9.17) is 4.42 Å². The number of fused-ring (bicyclic) bond motifs is 1. The summed E-state index contributed by atoms with van der Waals surface area (Å²) in [7, 11) is 0. The summed E-state index contributed by atoms with van der Waals surface area (Å²) in [5.41, 5.74) is 2.49. The highest BCUT2D eigenvalue weighted by Crippen LogP contribution is 2.24. The molecule has 2 N–H and O–H groups in total. The van der Waals surface area contributed by atoms with Crippen LogP contribution in [0.15, 0.2) is 47.0 Å². The molecule has 25 heavy (non-hydrogen) atoms. The predicted molar refractivity (Wildman–Crippen MR) is 95.5 cm³/mol. The molecule has 6 heteroatoms. The summed E-state index contributed by atoms with van der Waals surface area (Å²) in [5.74, 6) is 0.241. The van der Waals surface area contributed by atoms with Gasteiger partial charge in [0.2, 0.25) is 5.91 Å². The number of hydrogen-bond donors (Lipinski definition) is 2. The lowest BCUT2D eigenvalue weighted by Gasteiger charge is -2.06. The normalized spacial score (nSPS) is 10.6. The molecule has 0 fully saturated rings. The highest BCUT2D eigenvalue weighted by Gasteiger charge is 2.17. The minimum Gasteiger partial charge on any atom is -0.451 e. The lowest BCUT2D eigenvalue weighted by atomic mass is 10.1. The lowest BCUT2D eigenvalue weighted by molar-refractivity contribution is -0.116. The molecule has 0 radical (unpaired) electrons. The number of anilines is 1. The van der Waals surface area contributed by atoms with Gasteiger partial charge in [0.25, 0.3) is 5.91 Å². The van der Waals surface area contributed by atoms with Gasteiger partial charge in [-0.15, -0.1) is 0 Å². The lowest BCUT2D eigenvalue weighted by Crippen LogP contribution is -2.27. The average Bonchev–Trinajstić information content (AvgIpc) is 2.94. The summed E-state index contributed by atoms with van der Waals surface area (Å²) >= 11 is 0. The van der Waals surface area contributed by atoms with Crippen LogP contribution in [0.2, 0.25) is 0 Å². The number of amides is 2. The molecule has 128 valence electrons. The molecule has 0 saturated heterocycles. The highest BCUT2D eigenvalue weighted by molar-refractivity contribution is 5.99. The number of hydrogen-bond acceptors (Lipinski definition) is 4. The number of carbonyl (C=O) groups is 2. The van der Waals surface area contributed by atoms with Gasteiger partial charge in [0.1, 0.15) is 11.4 Å². The smallest absolute Gasteiger partial charge is 0.287 e. The Morgan fingerprint density at radius 1 is 1.12 bits per heavy atom. The maximum absolute atomic E-state index is 12.3. The summed E-state index contributed by atoms with van der Waals surface area (Å²) in [6, 6.07) is 11.1. The van der Waals surface area contributed by atoms with Gasteiger partial charge < -0.3 is 15.1 Å². The van der Waals surface area contributed by atoms with Gasteiger partial charge in [-0.1, -0.05) is 24.3 Å². The van der Waals surface area contributed by atoms with Crippen LogP contribution >= 0.6 is 0 Å². The van der Waals surface area contributed by atoms with Crippen molar-refractivity contribution in [2.75, 3.05) is 11.9 Å². The fourth-order valence-corrected chi connectivity index (χ4v) is 2.51. The SMILES string of the molecule is Cc1ccc(NC(=O)CCNC(=O)c2oc3ccccc3c2C)nc1. The van der Waals surface area contributed by atoms with Crippen LogP contribution in [0.5, 0.6) is 0 Å². The first-order valence-electron chi connectivity index (χ1n) is 8.03. The van der Waals surface area contributed by atoms with E-state index in [1.54, 1.807) is 12.3 Å². The van der Waals surface area contributed by atoms with Gasteiger partial charge in [0.05, 0.1) is 0 Å². The first-order valence-corrected chi connectivity index (χ1v) is 8.03. The molecule has 3 rings (SSSR count). The van der Waals surface area contributed by atoms with Crippen LogP contribution in [0.4, 0.5) is 5.82 Å². The third-order valence-electron chi connectivity index (χ3n) is 3.87. The standard InChI is InChI=1S/C19H19N3O3/c1-12-7-8-16(21-11-12)22-17(23)9-10-20-19(24)18-13(2)14-5-3-4-6-15(14)25-18/h3-8,11H,9-10H2,1-2H3,(H,20,24)(H,21,22,23). The minimum atomic E-state index is -0.324. The molecule has 2 heterocycles. The van der Waals surface area contributed by atoms with Crippen molar-refractivity contribution in [2.24, 2.45) is 0 Å². The summed E-state index contributed by atoms with van der Waals surface area (Å²) < 4.78 is 5.60. The molecule has 1 aromatic carbocycles. The maximum atomic E-state index is 12.3. The van der Waals surface area contributed by atoms with Gasteiger partial charge in [0.15, 0.2) is 5.76 Å². The second-order valence-corrected chi connectivity index (χ2v) is 5.83. The van der Waals surface area contributed by atoms with Crippen molar-refractivity contribution in [1.82, 2.24) is 10.3 Å². The first-order chi connectivity index (χ1) is 12.0. The zero-order valence-corrected chi connectivity index (χ0v) is 14.1. The molecule has 0 aliphatic heterocycles. The molecule has 0 saturated carbocycles. The number of benzene rings is 1. The molecule has 0 aliphatic carbocycles. The Bertz CT molecular complexity index is 913. The van der Waals surface area contributed by atoms with Gasteiger partial charge in [0, 0.05) is 30.1 Å². The molecule has 0 bridgehead atoms. The van der Waals surface area contributed by atoms with E-state index in [0.717, 1.165) is 16.5 Å². The van der Waals surface area contributed by atoms with E-state index in [2.05, 4.69) is 15.6 Å². The van der Waals surface area contributed by atoms with Crippen molar-refractivity contribution in [1.29, 1.82) is 0 Å². The van der Waals surface area contributed by atoms with E-state index >= 15 is 0 Å². The Kier molecular flexibility index (Phi) is 4.79. The average molecular weight is 337 g/mol. The third-order valence-corrected chi connectivity index (χ3v) is 3.87. The molecule has 2 amide bonds. The molecule has 0 atom stereocenters. The topological polar surface area (TPSA) is 84.2 Å². The molecular weight excluding hydrogens is 318 g/mol. The number of rotatable bonds is 5. The summed E-state index contributed by atoms with van der Waals surface area (Å²) in [5, 5.41) is 6.32. The van der Waals surface area contributed by atoms with Crippen molar-refractivity contribution < 1.29 is 14.0 Å². The molecule has 2 aromatic heterocycles. The van der Waals surface area contributed by atoms with Crippen molar-refractivity contribution in [3.63, 3.8) is 0 Å². The quantitative estimate of drug-likeness (QED) is 0.749. The van der Waals surface area contributed by atoms with Crippen LogP contribution in [-0.2, 0) is 4.79 Å². The van der Waals surface area contributed by atoms with Crippen molar-refractivity contribution in [3.8, 4) is 0 Å². The second-order valence-electron chi connectivity index (χ2n) is 5.83. The summed E-state index contributed by atoms with van der Waals surface area (Å²) in [4.78, 5) is 28.3. The van der Waals surface area contributed by atoms with Crippen LogP contribution in [0.1, 0.15) is 28.1 Å². The minimum absolute atomic E-state index is 0.153. The highest BCUT2D eigenvalue weighted by atomic mass is 16.3. The van der Waals surface area contributed by atoms with Crippen molar-refractivity contribution in [2.45, 2.75) is 20.3 Å². The fourth-order valence-electron chi connectivity index (χ4n) is 2.51. The number of nitrogens with zero attached hydrogens (tertiary/aromatic N) is 1. The van der Waals surface area contributed by atoms with Gasteiger partial charge in [-0.05, 0) is 31.5 Å². The van der Waals surface area contributed by atoms with Gasteiger partial charge in [-0.25, -0.2) is 4.98 Å². The predicted octanol–water partition coefficient (Wildman–Crippen LogP) is 3.20. The van der Waals surface area contributed by atoms with E-state index in [1.807, 2.05) is 44.2 Å². The van der Waals surface area contributed by atoms with Crippen molar-refractivity contribution in [3.05, 3.63) is 59.5 Å². The number of aromatic nitrogens is 1. The summed E-state index contributed by atoms with van der Waals surface area (Å²) in [6.07, 6.45) is 1.84. The Morgan fingerprint density at radius 3 is 2.64 bits per heavy atom. The second kappa shape index (κ2) is 7.17. The van der Waals surface area contributed by atoms with Crippen LogP contribution in [0.25, 0.3) is 11.0 Å². The van der Waals surface area contributed by atoms with Crippen molar-refractivity contribution >= 4 is 28.6 Å². The maximum Gasteiger partial charge on any atom is 0.287 e. The van der Waals surface area contributed by atoms with Crippen LogP contribution in [-0.4, -0.2) is 23.3 Å². The molecular formula is C19H19N3O3. The zero-order valence-electron chi connectivity index (χ0n) is 14.1. The largest absolute Gasteiger partial charge is 0.451 e. The van der Waals surface area contributed by atoms with Crippen LogP contribution < -0.4 is 10.6 Å². The van der Waals surface area contributed by atoms with E-state index in [9.17, 15) is 9.59 Å². The molecule has 6 nitrogen and oxygen atoms in total. The number of para-hydroxylation sites is 1. The molecule has 3 aromatic rings. The number of furan rings is 1. The Hall–Kier alpha value is -3.15. The Morgan fingerprint density at radius 2 is 1.92 bits per heavy atom. The molecule has 0 spiro atoms. The number of nitrogens with one attached hydrogen (secondary N) is 2. The first kappa shape index (κ1) is 16.7. The van der Waals surface area contributed by atoms with E-state index < -0.39 is 0 Å². The Labute approximate surface area is 145 Å². The zero-order chi connectivity index (χ0) is 17.8. The van der Waals surface area contributed by atoms with E-state index in [1.165, 1.54) is 0 Å². The third kappa shape index (κ3) is 3.85. The van der Waals surface area contributed by atoms with Crippen LogP contribution in [0.3, 0.4) is 0 Å². The molecule has 0 unspecified atom stereocenters. The van der Waals surface area contributed by atoms with Crippen LogP contribution in [0, 0.1) is 13.8 Å². The van der Waals surface area contributed by atoms with Gasteiger partial charge >= 0.3 is 0 Å². The number of aryl methyl sites for hydroxylation is 2. The number of pyridine rings is 1. The fraction of sp³-hybridized carbons (Fsp3) is 0.211. The Balaban J connectivity index is 1.54. The van der Waals surface area contributed by atoms with E-state index in [-0.39, 0.29) is 30.5 Å². The van der Waals surface area contributed by atoms with E-state index in [0.29, 0.717) is 11.4 Å². The summed E-state index contributed by atoms with van der Waals surface area (Å²) in [6.45, 7) is 3.98. The number of carbonyl (C=O) groups excluding carboxylic acids is 2.